The molecule has 0 saturated carbocycles. The van der Waals surface area contributed by atoms with E-state index < -0.39 is 12.0 Å². The van der Waals surface area contributed by atoms with Gasteiger partial charge in [0.1, 0.15) is 11.2 Å². The van der Waals surface area contributed by atoms with Gasteiger partial charge in [-0.25, -0.2) is 9.78 Å². The zero-order valence-corrected chi connectivity index (χ0v) is 14.4. The lowest BCUT2D eigenvalue weighted by atomic mass is 10.2. The van der Waals surface area contributed by atoms with Gasteiger partial charge < -0.3 is 10.0 Å². The second-order valence-electron chi connectivity index (χ2n) is 4.64. The lowest BCUT2D eigenvalue weighted by Gasteiger charge is -2.27. The van der Waals surface area contributed by atoms with Crippen molar-refractivity contribution in [2.45, 2.75) is 31.2 Å². The highest BCUT2D eigenvalue weighted by Gasteiger charge is 2.42. The Balaban J connectivity index is 2.36. The minimum atomic E-state index is -0.992. The molecule has 2 heterocycles. The van der Waals surface area contributed by atoms with Crippen LogP contribution in [0.5, 0.6) is 0 Å². The van der Waals surface area contributed by atoms with Gasteiger partial charge in [-0.05, 0) is 28.4 Å². The van der Waals surface area contributed by atoms with Gasteiger partial charge in [-0.2, -0.15) is 0 Å². The maximum atomic E-state index is 12.7. The van der Waals surface area contributed by atoms with Crippen molar-refractivity contribution in [3.63, 3.8) is 0 Å². The summed E-state index contributed by atoms with van der Waals surface area (Å²) in [5, 5.41) is 9.27. The molecule has 2 rings (SSSR count). The fraction of sp³-hybridized carbons (Fsp3) is 0.462. The molecule has 1 aromatic heterocycles. The van der Waals surface area contributed by atoms with Crippen molar-refractivity contribution in [3.8, 4) is 0 Å². The number of halogens is 2. The highest BCUT2D eigenvalue weighted by molar-refractivity contribution is 9.10. The maximum absolute atomic E-state index is 12.7. The SMILES string of the molecule is CCCC1SCC(C(=O)O)N1C(=O)c1cc(Br)cnc1Cl. The predicted molar refractivity (Wildman–Crippen MR) is 85.7 cm³/mol. The van der Waals surface area contributed by atoms with Crippen LogP contribution in [0.15, 0.2) is 16.7 Å². The van der Waals surface area contributed by atoms with Gasteiger partial charge in [-0.15, -0.1) is 11.8 Å². The number of thioether (sulfide) groups is 1. The Bertz CT molecular complexity index is 572. The van der Waals surface area contributed by atoms with E-state index in [2.05, 4.69) is 20.9 Å². The fourth-order valence-electron chi connectivity index (χ4n) is 2.21. The number of pyridine rings is 1. The van der Waals surface area contributed by atoms with Crippen molar-refractivity contribution in [3.05, 3.63) is 27.5 Å². The molecule has 1 saturated heterocycles. The molecule has 0 aliphatic carbocycles. The van der Waals surface area contributed by atoms with E-state index in [-0.39, 0.29) is 22.0 Å². The van der Waals surface area contributed by atoms with Crippen molar-refractivity contribution in [1.82, 2.24) is 9.88 Å². The second-order valence-corrected chi connectivity index (χ2v) is 7.12. The van der Waals surface area contributed by atoms with Crippen LogP contribution < -0.4 is 0 Å². The molecule has 1 fully saturated rings. The highest BCUT2D eigenvalue weighted by Crippen LogP contribution is 2.34. The summed E-state index contributed by atoms with van der Waals surface area (Å²) >= 11 is 10.7. The van der Waals surface area contributed by atoms with E-state index in [1.54, 1.807) is 6.07 Å². The third-order valence-corrected chi connectivity index (χ3v) is 5.27. The fourth-order valence-corrected chi connectivity index (χ4v) is 4.24. The van der Waals surface area contributed by atoms with Gasteiger partial charge in [0.25, 0.3) is 5.91 Å². The zero-order valence-electron chi connectivity index (χ0n) is 11.3. The van der Waals surface area contributed by atoms with Crippen LogP contribution >= 0.6 is 39.3 Å². The van der Waals surface area contributed by atoms with Crippen LogP contribution in [-0.4, -0.2) is 44.0 Å². The Morgan fingerprint density at radius 3 is 2.95 bits per heavy atom. The molecule has 2 unspecified atom stereocenters. The quantitative estimate of drug-likeness (QED) is 0.795. The van der Waals surface area contributed by atoms with Crippen LogP contribution in [0.25, 0.3) is 0 Å². The number of hydrogen-bond acceptors (Lipinski definition) is 4. The summed E-state index contributed by atoms with van der Waals surface area (Å²) in [7, 11) is 0. The Morgan fingerprint density at radius 1 is 1.62 bits per heavy atom. The van der Waals surface area contributed by atoms with E-state index in [9.17, 15) is 14.7 Å². The molecule has 1 N–H and O–H groups in total. The van der Waals surface area contributed by atoms with Gasteiger partial charge >= 0.3 is 5.97 Å². The third-order valence-electron chi connectivity index (χ3n) is 3.18. The van der Waals surface area contributed by atoms with Crippen molar-refractivity contribution < 1.29 is 14.7 Å². The molecule has 0 aromatic carbocycles. The standard InChI is InChI=1S/C13H14BrClN2O3S/c1-2-3-10-17(9(6-21-10)13(19)20)12(18)8-4-7(14)5-16-11(8)15/h4-5,9-10H,2-3,6H2,1H3,(H,19,20). The molecule has 0 radical (unpaired) electrons. The lowest BCUT2D eigenvalue weighted by Crippen LogP contribution is -2.45. The molecule has 1 aromatic rings. The normalized spacial score (nSPS) is 21.6. The molecular weight excluding hydrogens is 380 g/mol. The lowest BCUT2D eigenvalue weighted by molar-refractivity contribution is -0.141. The van der Waals surface area contributed by atoms with Crippen molar-refractivity contribution in [1.29, 1.82) is 0 Å². The molecule has 1 aliphatic rings. The number of carbonyl (C=O) groups is 2. The number of nitrogens with zero attached hydrogens (tertiary/aromatic N) is 2. The van der Waals surface area contributed by atoms with Crippen LogP contribution in [0.3, 0.4) is 0 Å². The Labute approximate surface area is 140 Å². The average molecular weight is 394 g/mol. The number of rotatable bonds is 4. The zero-order chi connectivity index (χ0) is 15.6. The number of amides is 1. The van der Waals surface area contributed by atoms with Gasteiger partial charge in [0.2, 0.25) is 0 Å². The summed E-state index contributed by atoms with van der Waals surface area (Å²) in [5.74, 6) is -0.983. The molecular formula is C13H14BrClN2O3S. The summed E-state index contributed by atoms with van der Waals surface area (Å²) in [5.41, 5.74) is 0.223. The van der Waals surface area contributed by atoms with Crippen molar-refractivity contribution in [2.75, 3.05) is 5.75 Å². The summed E-state index contributed by atoms with van der Waals surface area (Å²) in [6, 6.07) is 0.747. The average Bonchev–Trinajstić information content (AvgIpc) is 2.85. The predicted octanol–water partition coefficient (Wildman–Crippen LogP) is 3.27. The Hall–Kier alpha value is -0.790. The van der Waals surface area contributed by atoms with Crippen molar-refractivity contribution in [2.24, 2.45) is 0 Å². The summed E-state index contributed by atoms with van der Waals surface area (Å²) in [6.07, 6.45) is 3.12. The molecule has 114 valence electrons. The summed E-state index contributed by atoms with van der Waals surface area (Å²) in [4.78, 5) is 29.5. The van der Waals surface area contributed by atoms with Gasteiger partial charge in [-0.1, -0.05) is 24.9 Å². The van der Waals surface area contributed by atoms with E-state index in [4.69, 9.17) is 11.6 Å². The van der Waals surface area contributed by atoms with E-state index >= 15 is 0 Å². The number of carboxylic acids is 1. The number of hydrogen-bond donors (Lipinski definition) is 1. The van der Waals surface area contributed by atoms with Crippen LogP contribution in [0.2, 0.25) is 5.15 Å². The smallest absolute Gasteiger partial charge is 0.327 e. The first-order valence-corrected chi connectivity index (χ1v) is 8.65. The van der Waals surface area contributed by atoms with Crippen LogP contribution in [-0.2, 0) is 4.79 Å². The monoisotopic (exact) mass is 392 g/mol. The molecule has 2 atom stereocenters. The maximum Gasteiger partial charge on any atom is 0.327 e. The third kappa shape index (κ3) is 3.52. The van der Waals surface area contributed by atoms with Gasteiger partial charge in [0, 0.05) is 16.4 Å². The molecule has 21 heavy (non-hydrogen) atoms. The molecule has 1 amide bonds. The van der Waals surface area contributed by atoms with Crippen LogP contribution in [0.4, 0.5) is 0 Å². The first-order chi connectivity index (χ1) is 9.95. The van der Waals surface area contributed by atoms with Crippen molar-refractivity contribution >= 4 is 51.2 Å². The largest absolute Gasteiger partial charge is 0.480 e. The summed E-state index contributed by atoms with van der Waals surface area (Å²) < 4.78 is 0.626. The van der Waals surface area contributed by atoms with E-state index in [1.165, 1.54) is 22.9 Å². The van der Waals surface area contributed by atoms with Crippen LogP contribution in [0, 0.1) is 0 Å². The van der Waals surface area contributed by atoms with Gasteiger partial charge in [0.05, 0.1) is 10.9 Å². The number of aromatic nitrogens is 1. The van der Waals surface area contributed by atoms with Gasteiger partial charge in [-0.3, -0.25) is 4.79 Å². The number of aliphatic carboxylic acids is 1. The molecule has 1 aliphatic heterocycles. The number of carbonyl (C=O) groups excluding carboxylic acids is 1. The van der Waals surface area contributed by atoms with E-state index in [0.717, 1.165) is 12.8 Å². The van der Waals surface area contributed by atoms with Gasteiger partial charge in [0.15, 0.2) is 0 Å². The number of carboxylic acid groups (broad SMARTS) is 1. The highest BCUT2D eigenvalue weighted by atomic mass is 79.9. The summed E-state index contributed by atoms with van der Waals surface area (Å²) in [6.45, 7) is 2.00. The Morgan fingerprint density at radius 2 is 2.33 bits per heavy atom. The molecule has 0 spiro atoms. The van der Waals surface area contributed by atoms with E-state index in [0.29, 0.717) is 10.2 Å². The topological polar surface area (TPSA) is 70.5 Å². The molecule has 8 heteroatoms. The second kappa shape index (κ2) is 6.98. The first kappa shape index (κ1) is 16.6. The van der Waals surface area contributed by atoms with E-state index in [1.807, 2.05) is 6.92 Å². The first-order valence-electron chi connectivity index (χ1n) is 6.43. The molecule has 0 bridgehead atoms. The Kier molecular flexibility index (Phi) is 5.51. The minimum Gasteiger partial charge on any atom is -0.480 e. The molecule has 5 nitrogen and oxygen atoms in total. The van der Waals surface area contributed by atoms with Crippen LogP contribution in [0.1, 0.15) is 30.1 Å². The minimum absolute atomic E-state index is 0.0829.